The molecule has 1 rings (SSSR count). The van der Waals surface area contributed by atoms with Crippen molar-refractivity contribution in [3.8, 4) is 0 Å². The van der Waals surface area contributed by atoms with E-state index < -0.39 is 17.4 Å². The summed E-state index contributed by atoms with van der Waals surface area (Å²) in [5.74, 6) is -3.25. The van der Waals surface area contributed by atoms with E-state index in [1.165, 1.54) is 12.1 Å². The molecule has 0 aliphatic heterocycles. The predicted octanol–water partition coefficient (Wildman–Crippen LogP) is -6.77. The number of carbonyl (C=O) groups is 2. The molecular formula is C12H12KNaO4. The van der Waals surface area contributed by atoms with Crippen LogP contribution in [-0.2, 0) is 15.0 Å². The van der Waals surface area contributed by atoms with Crippen LogP contribution in [0.25, 0.3) is 0 Å². The topological polar surface area (TPSA) is 80.3 Å². The zero-order valence-electron chi connectivity index (χ0n) is 10.9. The van der Waals surface area contributed by atoms with Gasteiger partial charge in [0, 0.05) is 0 Å². The Morgan fingerprint density at radius 3 is 1.89 bits per heavy atom. The zero-order chi connectivity index (χ0) is 12.2. The van der Waals surface area contributed by atoms with Crippen molar-refractivity contribution < 1.29 is 101 Å². The Morgan fingerprint density at radius 2 is 1.56 bits per heavy atom. The Bertz CT molecular complexity index is 380. The van der Waals surface area contributed by atoms with E-state index in [0.29, 0.717) is 6.42 Å². The van der Waals surface area contributed by atoms with Crippen LogP contribution in [-0.4, -0.2) is 11.9 Å². The standard InChI is InChI=1S/C12H14O4.K.Na/c1-2-8-12(10(13)14,11(15)16)9-6-4-3-5-7-9;;/h3-7H,2,8H2,1H3,(H,13,14)(H,15,16);;/q;2*+1/p-2. The summed E-state index contributed by atoms with van der Waals surface area (Å²) < 4.78 is 0. The van der Waals surface area contributed by atoms with E-state index >= 15 is 0 Å². The first-order valence-electron chi connectivity index (χ1n) is 5.04. The Hall–Kier alpha value is 0.796. The third kappa shape index (κ3) is 4.42. The fourth-order valence-electron chi connectivity index (χ4n) is 1.77. The minimum Gasteiger partial charge on any atom is -0.549 e. The first-order valence-corrected chi connectivity index (χ1v) is 5.04. The van der Waals surface area contributed by atoms with Crippen LogP contribution in [0.2, 0.25) is 0 Å². The van der Waals surface area contributed by atoms with Crippen molar-refractivity contribution in [3.63, 3.8) is 0 Å². The zero-order valence-corrected chi connectivity index (χ0v) is 16.1. The summed E-state index contributed by atoms with van der Waals surface area (Å²) in [5, 5.41) is 22.2. The summed E-state index contributed by atoms with van der Waals surface area (Å²) in [6, 6.07) is 7.78. The predicted molar refractivity (Wildman–Crippen MR) is 53.0 cm³/mol. The van der Waals surface area contributed by atoms with Crippen molar-refractivity contribution in [2.75, 3.05) is 0 Å². The van der Waals surface area contributed by atoms with Gasteiger partial charge in [-0.3, -0.25) is 0 Å². The molecule has 0 saturated carbocycles. The number of aliphatic carboxylic acids is 2. The maximum absolute atomic E-state index is 11.1. The molecule has 0 aliphatic rings. The van der Waals surface area contributed by atoms with Gasteiger partial charge >= 0.3 is 80.9 Å². The minimum atomic E-state index is -2.05. The molecule has 0 heterocycles. The van der Waals surface area contributed by atoms with E-state index in [9.17, 15) is 19.8 Å². The Balaban J connectivity index is 0. The number of rotatable bonds is 5. The van der Waals surface area contributed by atoms with Crippen molar-refractivity contribution >= 4 is 11.9 Å². The molecule has 18 heavy (non-hydrogen) atoms. The Kier molecular flexibility index (Phi) is 11.3. The Labute approximate surface area is 171 Å². The molecule has 0 fully saturated rings. The molecule has 0 aromatic heterocycles. The van der Waals surface area contributed by atoms with Gasteiger partial charge in [0.25, 0.3) is 0 Å². The van der Waals surface area contributed by atoms with Crippen molar-refractivity contribution in [1.29, 1.82) is 0 Å². The first kappa shape index (κ1) is 21.1. The van der Waals surface area contributed by atoms with Gasteiger partial charge in [0.2, 0.25) is 0 Å². The maximum Gasteiger partial charge on any atom is 1.00 e. The van der Waals surface area contributed by atoms with Gasteiger partial charge in [-0.2, -0.15) is 0 Å². The molecule has 0 radical (unpaired) electrons. The van der Waals surface area contributed by atoms with Gasteiger partial charge < -0.3 is 19.8 Å². The van der Waals surface area contributed by atoms with Crippen LogP contribution in [0.15, 0.2) is 30.3 Å². The second-order valence-corrected chi connectivity index (χ2v) is 3.60. The molecule has 0 spiro atoms. The molecular weight excluding hydrogens is 270 g/mol. The average molecular weight is 282 g/mol. The van der Waals surface area contributed by atoms with Crippen molar-refractivity contribution in [3.05, 3.63) is 35.9 Å². The summed E-state index contributed by atoms with van der Waals surface area (Å²) in [6.07, 6.45) is 0.374. The van der Waals surface area contributed by atoms with E-state index in [1.807, 2.05) is 0 Å². The summed E-state index contributed by atoms with van der Waals surface area (Å²) in [6.45, 7) is 1.71. The third-order valence-corrected chi connectivity index (χ3v) is 2.59. The SMILES string of the molecule is CCCC(C(=O)[O-])(C(=O)[O-])c1ccccc1.[K+].[Na+]. The number of carbonyl (C=O) groups excluding carboxylic acids is 2. The van der Waals surface area contributed by atoms with Crippen molar-refractivity contribution in [2.24, 2.45) is 0 Å². The van der Waals surface area contributed by atoms with Gasteiger partial charge in [0.1, 0.15) is 0 Å². The van der Waals surface area contributed by atoms with Crippen molar-refractivity contribution in [1.82, 2.24) is 0 Å². The van der Waals surface area contributed by atoms with Crippen LogP contribution in [0.4, 0.5) is 0 Å². The van der Waals surface area contributed by atoms with Crippen LogP contribution >= 0.6 is 0 Å². The normalized spacial score (nSPS) is 9.83. The van der Waals surface area contributed by atoms with Crippen LogP contribution in [0.1, 0.15) is 25.3 Å². The van der Waals surface area contributed by atoms with E-state index in [2.05, 4.69) is 0 Å². The molecule has 86 valence electrons. The van der Waals surface area contributed by atoms with Crippen molar-refractivity contribution in [2.45, 2.75) is 25.2 Å². The van der Waals surface area contributed by atoms with Crippen LogP contribution in [0.3, 0.4) is 0 Å². The summed E-state index contributed by atoms with van der Waals surface area (Å²) >= 11 is 0. The molecule has 0 aliphatic carbocycles. The molecule has 0 bridgehead atoms. The number of carboxylic acid groups (broad SMARTS) is 2. The van der Waals surface area contributed by atoms with E-state index in [0.717, 1.165) is 0 Å². The van der Waals surface area contributed by atoms with Crippen LogP contribution in [0, 0.1) is 0 Å². The van der Waals surface area contributed by atoms with Gasteiger partial charge in [-0.15, -0.1) is 0 Å². The molecule has 0 amide bonds. The molecule has 0 N–H and O–H groups in total. The molecule has 1 aromatic rings. The first-order chi connectivity index (χ1) is 7.55. The molecule has 0 atom stereocenters. The fraction of sp³-hybridized carbons (Fsp3) is 0.333. The van der Waals surface area contributed by atoms with E-state index in [4.69, 9.17) is 0 Å². The van der Waals surface area contributed by atoms with E-state index in [1.54, 1.807) is 25.1 Å². The number of benzene rings is 1. The second-order valence-electron chi connectivity index (χ2n) is 3.60. The van der Waals surface area contributed by atoms with Gasteiger partial charge in [-0.1, -0.05) is 43.7 Å². The quantitative estimate of drug-likeness (QED) is 0.397. The molecule has 0 unspecified atom stereocenters. The largest absolute Gasteiger partial charge is 1.00 e. The van der Waals surface area contributed by atoms with E-state index in [-0.39, 0.29) is 92.9 Å². The number of carboxylic acids is 2. The monoisotopic (exact) mass is 282 g/mol. The summed E-state index contributed by atoms with van der Waals surface area (Å²) in [5.41, 5.74) is -1.85. The van der Waals surface area contributed by atoms with Gasteiger partial charge in [-0.05, 0) is 12.0 Å². The summed E-state index contributed by atoms with van der Waals surface area (Å²) in [7, 11) is 0. The smallest absolute Gasteiger partial charge is 0.549 e. The molecule has 4 nitrogen and oxygen atoms in total. The molecule has 1 aromatic carbocycles. The van der Waals surface area contributed by atoms with Gasteiger partial charge in [0.05, 0.1) is 17.4 Å². The molecule has 0 saturated heterocycles. The fourth-order valence-corrected chi connectivity index (χ4v) is 1.77. The summed E-state index contributed by atoms with van der Waals surface area (Å²) in [4.78, 5) is 22.2. The average Bonchev–Trinajstić information content (AvgIpc) is 2.26. The second kappa shape index (κ2) is 9.66. The van der Waals surface area contributed by atoms with Gasteiger partial charge in [-0.25, -0.2) is 0 Å². The van der Waals surface area contributed by atoms with Gasteiger partial charge in [0.15, 0.2) is 0 Å². The number of hydrogen-bond donors (Lipinski definition) is 0. The maximum atomic E-state index is 11.1. The minimum absolute atomic E-state index is 0. The molecule has 6 heteroatoms. The van der Waals surface area contributed by atoms with Crippen LogP contribution < -0.4 is 91.2 Å². The number of hydrogen-bond acceptors (Lipinski definition) is 4. The third-order valence-electron chi connectivity index (χ3n) is 2.59. The van der Waals surface area contributed by atoms with Crippen LogP contribution in [0.5, 0.6) is 0 Å². The Morgan fingerprint density at radius 1 is 1.11 bits per heavy atom.